The molecule has 0 fully saturated rings. The van der Waals surface area contributed by atoms with Crippen molar-refractivity contribution in [2.75, 3.05) is 32.8 Å². The Kier molecular flexibility index (Phi) is 10.3. The lowest BCUT2D eigenvalue weighted by Gasteiger charge is -2.23. The molecule has 0 aromatic heterocycles. The van der Waals surface area contributed by atoms with Crippen LogP contribution in [-0.4, -0.2) is 48.8 Å². The number of aliphatic hydroxyl groups excluding tert-OH is 1. The molecule has 0 bridgehead atoms. The number of hydrogen-bond acceptors (Lipinski definition) is 3. The van der Waals surface area contributed by atoms with E-state index < -0.39 is 0 Å². The largest absolute Gasteiger partial charge is 0.395 e. The predicted octanol–water partition coefficient (Wildman–Crippen LogP) is 1.47. The van der Waals surface area contributed by atoms with E-state index >= 15 is 0 Å². The lowest BCUT2D eigenvalue weighted by atomic mass is 10.2. The summed E-state index contributed by atoms with van der Waals surface area (Å²) in [4.78, 5) is 2.46. The maximum atomic E-state index is 9.14. The Hall–Kier alpha value is -0.120. The van der Waals surface area contributed by atoms with Gasteiger partial charge in [-0.05, 0) is 39.0 Å². The molecule has 0 saturated carbocycles. The summed E-state index contributed by atoms with van der Waals surface area (Å²) in [7, 11) is 0. The average Bonchev–Trinajstić information content (AvgIpc) is 2.27. The number of rotatable bonds is 10. The minimum atomic E-state index is 0.249. The van der Waals surface area contributed by atoms with Crippen LogP contribution in [0.25, 0.3) is 0 Å². The van der Waals surface area contributed by atoms with Crippen molar-refractivity contribution in [3.8, 4) is 0 Å². The van der Waals surface area contributed by atoms with Crippen molar-refractivity contribution in [1.82, 2.24) is 10.2 Å². The molecule has 0 spiro atoms. The molecule has 0 rings (SSSR count). The third-order valence-electron chi connectivity index (χ3n) is 2.78. The number of nitrogens with zero attached hydrogens (tertiary/aromatic N) is 1. The quantitative estimate of drug-likeness (QED) is 0.580. The van der Waals surface area contributed by atoms with E-state index in [0.29, 0.717) is 0 Å². The van der Waals surface area contributed by atoms with Gasteiger partial charge in [0.25, 0.3) is 0 Å². The van der Waals surface area contributed by atoms with Gasteiger partial charge >= 0.3 is 0 Å². The molecule has 1 unspecified atom stereocenters. The van der Waals surface area contributed by atoms with Crippen molar-refractivity contribution in [2.24, 2.45) is 0 Å². The van der Waals surface area contributed by atoms with Crippen LogP contribution in [0.5, 0.6) is 0 Å². The van der Waals surface area contributed by atoms with Crippen molar-refractivity contribution in [1.29, 1.82) is 0 Å². The molecule has 2 N–H and O–H groups in total. The van der Waals surface area contributed by atoms with E-state index in [4.69, 9.17) is 5.11 Å². The van der Waals surface area contributed by atoms with Crippen LogP contribution < -0.4 is 5.32 Å². The van der Waals surface area contributed by atoms with E-state index in [1.165, 1.54) is 19.4 Å². The second-order valence-electron chi connectivity index (χ2n) is 4.01. The first-order valence-corrected chi connectivity index (χ1v) is 6.34. The Morgan fingerprint density at radius 1 is 1.20 bits per heavy atom. The van der Waals surface area contributed by atoms with E-state index in [9.17, 15) is 0 Å². The Labute approximate surface area is 94.9 Å². The van der Waals surface area contributed by atoms with Crippen LogP contribution in [0.2, 0.25) is 0 Å². The topological polar surface area (TPSA) is 35.5 Å². The maximum Gasteiger partial charge on any atom is 0.0585 e. The van der Waals surface area contributed by atoms with Crippen LogP contribution in [0, 0.1) is 0 Å². The zero-order valence-corrected chi connectivity index (χ0v) is 10.6. The zero-order valence-electron chi connectivity index (χ0n) is 10.6. The highest BCUT2D eigenvalue weighted by atomic mass is 16.3. The van der Waals surface area contributed by atoms with Gasteiger partial charge in [0.1, 0.15) is 0 Å². The van der Waals surface area contributed by atoms with Gasteiger partial charge in [0.05, 0.1) is 6.61 Å². The van der Waals surface area contributed by atoms with Crippen LogP contribution >= 0.6 is 0 Å². The van der Waals surface area contributed by atoms with Crippen LogP contribution in [0.1, 0.15) is 40.0 Å². The molecule has 0 heterocycles. The standard InChI is InChI=1S/C12H28N2O/c1-4-7-9-14(6-3)10-8-12(11-15)13-5-2/h12-13,15H,4-11H2,1-3H3. The van der Waals surface area contributed by atoms with Gasteiger partial charge in [0.15, 0.2) is 0 Å². The molecule has 0 aromatic rings. The number of likely N-dealkylation sites (N-methyl/N-ethyl adjacent to an activating group) is 1. The van der Waals surface area contributed by atoms with Crippen LogP contribution in [-0.2, 0) is 0 Å². The molecular weight excluding hydrogens is 188 g/mol. The van der Waals surface area contributed by atoms with E-state index in [2.05, 4.69) is 31.0 Å². The van der Waals surface area contributed by atoms with Crippen LogP contribution in [0.15, 0.2) is 0 Å². The number of aliphatic hydroxyl groups is 1. The van der Waals surface area contributed by atoms with Crippen molar-refractivity contribution in [2.45, 2.75) is 46.1 Å². The van der Waals surface area contributed by atoms with Crippen molar-refractivity contribution >= 4 is 0 Å². The van der Waals surface area contributed by atoms with Gasteiger partial charge in [-0.2, -0.15) is 0 Å². The second-order valence-corrected chi connectivity index (χ2v) is 4.01. The molecule has 15 heavy (non-hydrogen) atoms. The molecule has 0 aliphatic heterocycles. The molecule has 0 aromatic carbocycles. The van der Waals surface area contributed by atoms with Gasteiger partial charge < -0.3 is 15.3 Å². The predicted molar refractivity (Wildman–Crippen MR) is 66.2 cm³/mol. The van der Waals surface area contributed by atoms with Gasteiger partial charge in [-0.15, -0.1) is 0 Å². The second kappa shape index (κ2) is 10.4. The van der Waals surface area contributed by atoms with Crippen LogP contribution in [0.4, 0.5) is 0 Å². The average molecular weight is 216 g/mol. The van der Waals surface area contributed by atoms with Crippen molar-refractivity contribution in [3.05, 3.63) is 0 Å². The molecule has 0 saturated heterocycles. The van der Waals surface area contributed by atoms with Gasteiger partial charge in [-0.25, -0.2) is 0 Å². The lowest BCUT2D eigenvalue weighted by Crippen LogP contribution is -2.37. The Morgan fingerprint density at radius 2 is 1.93 bits per heavy atom. The van der Waals surface area contributed by atoms with Crippen molar-refractivity contribution in [3.63, 3.8) is 0 Å². The molecule has 0 aliphatic carbocycles. The zero-order chi connectivity index (χ0) is 11.5. The number of unbranched alkanes of at least 4 members (excludes halogenated alkanes) is 1. The monoisotopic (exact) mass is 216 g/mol. The summed E-state index contributed by atoms with van der Waals surface area (Å²) in [5.74, 6) is 0. The molecule has 1 atom stereocenters. The molecule has 3 nitrogen and oxygen atoms in total. The van der Waals surface area contributed by atoms with E-state index in [0.717, 1.165) is 26.1 Å². The van der Waals surface area contributed by atoms with E-state index in [1.54, 1.807) is 0 Å². The fraction of sp³-hybridized carbons (Fsp3) is 1.00. The van der Waals surface area contributed by atoms with Crippen molar-refractivity contribution < 1.29 is 5.11 Å². The smallest absolute Gasteiger partial charge is 0.0585 e. The summed E-state index contributed by atoms with van der Waals surface area (Å²) >= 11 is 0. The molecule has 92 valence electrons. The minimum Gasteiger partial charge on any atom is -0.395 e. The number of nitrogens with one attached hydrogen (secondary N) is 1. The third-order valence-corrected chi connectivity index (χ3v) is 2.78. The fourth-order valence-corrected chi connectivity index (χ4v) is 1.69. The maximum absolute atomic E-state index is 9.14. The summed E-state index contributed by atoms with van der Waals surface area (Å²) in [6, 6.07) is 0.269. The fourth-order valence-electron chi connectivity index (χ4n) is 1.69. The summed E-state index contributed by atoms with van der Waals surface area (Å²) in [6.07, 6.45) is 3.58. The summed E-state index contributed by atoms with van der Waals surface area (Å²) in [6.45, 7) is 11.1. The molecule has 0 amide bonds. The molecule has 0 aliphatic rings. The summed E-state index contributed by atoms with van der Waals surface area (Å²) in [5, 5.41) is 12.4. The van der Waals surface area contributed by atoms with Gasteiger partial charge in [0.2, 0.25) is 0 Å². The van der Waals surface area contributed by atoms with Gasteiger partial charge in [0, 0.05) is 6.04 Å². The third kappa shape index (κ3) is 7.77. The van der Waals surface area contributed by atoms with Crippen LogP contribution in [0.3, 0.4) is 0 Å². The highest BCUT2D eigenvalue weighted by Gasteiger charge is 2.08. The SMILES string of the molecule is CCCCN(CC)CCC(CO)NCC. The summed E-state index contributed by atoms with van der Waals surface area (Å²) < 4.78 is 0. The lowest BCUT2D eigenvalue weighted by molar-refractivity contribution is 0.209. The highest BCUT2D eigenvalue weighted by molar-refractivity contribution is 4.67. The Balaban J connectivity index is 3.66. The Bertz CT molecular complexity index is 131. The summed E-state index contributed by atoms with van der Waals surface area (Å²) in [5.41, 5.74) is 0. The van der Waals surface area contributed by atoms with E-state index in [-0.39, 0.29) is 12.6 Å². The van der Waals surface area contributed by atoms with Gasteiger partial charge in [-0.3, -0.25) is 0 Å². The highest BCUT2D eigenvalue weighted by Crippen LogP contribution is 1.99. The van der Waals surface area contributed by atoms with E-state index in [1.807, 2.05) is 0 Å². The normalized spacial score (nSPS) is 13.4. The first-order chi connectivity index (χ1) is 7.28. The molecular formula is C12H28N2O. The number of hydrogen-bond donors (Lipinski definition) is 2. The molecule has 3 heteroatoms. The minimum absolute atomic E-state index is 0.249. The first kappa shape index (κ1) is 14.9. The molecule has 0 radical (unpaired) electrons. The van der Waals surface area contributed by atoms with Gasteiger partial charge in [-0.1, -0.05) is 27.2 Å². The first-order valence-electron chi connectivity index (χ1n) is 6.34. The Morgan fingerprint density at radius 3 is 2.40 bits per heavy atom.